The normalized spacial score (nSPS) is 25.2. The fourth-order valence-corrected chi connectivity index (χ4v) is 15.6. The van der Waals surface area contributed by atoms with Gasteiger partial charge in [-0.25, -0.2) is 0 Å². The van der Waals surface area contributed by atoms with Gasteiger partial charge in [0.25, 0.3) is 0 Å². The second kappa shape index (κ2) is 72.5. The van der Waals surface area contributed by atoms with Gasteiger partial charge in [0.2, 0.25) is 5.91 Å². The van der Waals surface area contributed by atoms with Crippen molar-refractivity contribution in [3.05, 3.63) is 60.8 Å². The number of nitrogens with one attached hydrogen (secondary N) is 1. The number of carbonyl (C=O) groups is 1. The number of ether oxygens (including phenoxy) is 6. The molecule has 3 rings (SSSR count). The fraction of sp³-hybridized carbons (Fsp3) is 0.882. The Morgan fingerprint density at radius 2 is 0.598 bits per heavy atom. The van der Waals surface area contributed by atoms with Crippen LogP contribution in [0.2, 0.25) is 0 Å². The minimum absolute atomic E-state index is 0.235. The third kappa shape index (κ3) is 50.4. The largest absolute Gasteiger partial charge is 0.394 e. The highest BCUT2D eigenvalue weighted by atomic mass is 16.8. The van der Waals surface area contributed by atoms with Crippen molar-refractivity contribution in [1.82, 2.24) is 5.32 Å². The lowest BCUT2D eigenvalue weighted by Gasteiger charge is -2.48. The first-order valence-corrected chi connectivity index (χ1v) is 46.5. The standard InChI is InChI=1S/C93H171NO18/c1-3-5-7-9-11-13-15-17-19-21-23-25-27-29-31-32-33-34-35-36-37-38-39-40-41-42-43-44-45-47-49-51-53-55-57-59-61-63-65-67-69-71-81(99)94-76(77(98)70-68-66-64-62-60-58-56-54-52-50-48-46-30-28-26-24-22-20-18-16-14-12-10-8-6-4-2)75-107-91-87(105)84(102)89(79(73-96)109-91)112-93-88(106)85(103)90(80(74-97)110-93)111-92-86(104)83(101)82(100)78(72-95)108-92/h15,17,21,23,52,54,60,62,68,70,76-80,82-93,95-98,100-106H,3-14,16,18-20,22,24-51,53,55-59,61,63-67,69,71-75H2,1-2H3,(H,94,99)/b17-15-,23-21-,54-52+,62-60+,70-68+. The highest BCUT2D eigenvalue weighted by Gasteiger charge is 2.54. The van der Waals surface area contributed by atoms with Gasteiger partial charge in [0.1, 0.15) is 73.2 Å². The van der Waals surface area contributed by atoms with E-state index in [9.17, 15) is 61.0 Å². The molecule has 0 aromatic carbocycles. The highest BCUT2D eigenvalue weighted by molar-refractivity contribution is 5.76. The van der Waals surface area contributed by atoms with Gasteiger partial charge in [0.05, 0.1) is 38.6 Å². The van der Waals surface area contributed by atoms with Crippen LogP contribution in [0.4, 0.5) is 0 Å². The smallest absolute Gasteiger partial charge is 0.220 e. The van der Waals surface area contributed by atoms with Gasteiger partial charge in [-0.2, -0.15) is 0 Å². The van der Waals surface area contributed by atoms with E-state index < -0.39 is 124 Å². The average molecular weight is 1590 g/mol. The van der Waals surface area contributed by atoms with Crippen LogP contribution in [-0.4, -0.2) is 193 Å². The van der Waals surface area contributed by atoms with E-state index in [0.29, 0.717) is 12.8 Å². The first kappa shape index (κ1) is 104. The molecular formula is C93H171NO18. The van der Waals surface area contributed by atoms with Crippen molar-refractivity contribution < 1.29 is 89.4 Å². The van der Waals surface area contributed by atoms with E-state index in [1.54, 1.807) is 6.08 Å². The van der Waals surface area contributed by atoms with Crippen LogP contribution in [0.3, 0.4) is 0 Å². The topological polar surface area (TPSA) is 307 Å². The Morgan fingerprint density at radius 1 is 0.321 bits per heavy atom. The minimum Gasteiger partial charge on any atom is -0.394 e. The van der Waals surface area contributed by atoms with E-state index in [4.69, 9.17) is 28.4 Å². The van der Waals surface area contributed by atoms with Crippen LogP contribution >= 0.6 is 0 Å². The molecule has 3 aliphatic heterocycles. The molecule has 3 heterocycles. The third-order valence-corrected chi connectivity index (χ3v) is 23.0. The molecule has 656 valence electrons. The van der Waals surface area contributed by atoms with Crippen molar-refractivity contribution in [2.45, 2.75) is 497 Å². The summed E-state index contributed by atoms with van der Waals surface area (Å²) in [7, 11) is 0. The molecular weight excluding hydrogens is 1420 g/mol. The van der Waals surface area contributed by atoms with Crippen LogP contribution in [0, 0.1) is 0 Å². The Hall–Kier alpha value is -2.51. The van der Waals surface area contributed by atoms with Gasteiger partial charge >= 0.3 is 0 Å². The van der Waals surface area contributed by atoms with E-state index in [0.717, 1.165) is 51.4 Å². The molecule has 0 bridgehead atoms. The van der Waals surface area contributed by atoms with Gasteiger partial charge in [-0.3, -0.25) is 4.79 Å². The van der Waals surface area contributed by atoms with Gasteiger partial charge in [0.15, 0.2) is 18.9 Å². The molecule has 19 heteroatoms. The van der Waals surface area contributed by atoms with Crippen molar-refractivity contribution in [3.8, 4) is 0 Å². The van der Waals surface area contributed by atoms with Gasteiger partial charge in [-0.05, 0) is 77.0 Å². The Bertz CT molecular complexity index is 2250. The average Bonchev–Trinajstić information content (AvgIpc) is 0.781. The highest BCUT2D eigenvalue weighted by Crippen LogP contribution is 2.34. The maximum absolute atomic E-state index is 13.5. The number of hydrogen-bond acceptors (Lipinski definition) is 18. The molecule has 19 nitrogen and oxygen atoms in total. The lowest BCUT2D eigenvalue weighted by atomic mass is 9.96. The zero-order valence-electron chi connectivity index (χ0n) is 70.9. The van der Waals surface area contributed by atoms with Crippen molar-refractivity contribution >= 4 is 5.91 Å². The molecule has 112 heavy (non-hydrogen) atoms. The number of aliphatic hydroxyl groups is 11. The summed E-state index contributed by atoms with van der Waals surface area (Å²) in [5, 5.41) is 121. The fourth-order valence-electron chi connectivity index (χ4n) is 15.6. The van der Waals surface area contributed by atoms with E-state index in [1.165, 1.54) is 308 Å². The SMILES string of the molecule is CCCCCCC/C=C\C/C=C\CCCCCCCCCCCCCCCCCCCCCCCCCCCCCCCC(=O)NC(COC1OC(CO)C(OC2OC(CO)C(OC3OC(CO)C(O)C(O)C3O)C(O)C2O)C(O)C1O)C(O)/C=C/CC/C=C/CC/C=C/CCCCCCCCCCCCCCCCCC. The van der Waals surface area contributed by atoms with Gasteiger partial charge in [-0.1, -0.05) is 370 Å². The van der Waals surface area contributed by atoms with Crippen LogP contribution < -0.4 is 5.32 Å². The molecule has 17 unspecified atom stereocenters. The zero-order valence-corrected chi connectivity index (χ0v) is 70.9. The van der Waals surface area contributed by atoms with Crippen LogP contribution in [0.1, 0.15) is 393 Å². The number of amides is 1. The Balaban J connectivity index is 1.30. The first-order valence-electron chi connectivity index (χ1n) is 46.5. The molecule has 0 spiro atoms. The minimum atomic E-state index is -1.98. The number of hydrogen-bond donors (Lipinski definition) is 12. The van der Waals surface area contributed by atoms with Crippen LogP contribution in [0.15, 0.2) is 60.8 Å². The number of allylic oxidation sites excluding steroid dienone is 9. The number of aliphatic hydroxyl groups excluding tert-OH is 11. The number of unbranched alkanes of at least 4 members (excludes halogenated alkanes) is 52. The second-order valence-electron chi connectivity index (χ2n) is 33.1. The maximum atomic E-state index is 13.5. The molecule has 0 aromatic heterocycles. The Labute approximate surface area is 681 Å². The molecule has 3 fully saturated rings. The molecule has 3 saturated heterocycles. The quantitative estimate of drug-likeness (QED) is 0.0199. The van der Waals surface area contributed by atoms with Crippen molar-refractivity contribution in [1.29, 1.82) is 0 Å². The van der Waals surface area contributed by atoms with Gasteiger partial charge in [-0.15, -0.1) is 0 Å². The van der Waals surface area contributed by atoms with E-state index in [-0.39, 0.29) is 18.9 Å². The predicted octanol–water partition coefficient (Wildman–Crippen LogP) is 18.1. The van der Waals surface area contributed by atoms with Crippen LogP contribution in [0.5, 0.6) is 0 Å². The van der Waals surface area contributed by atoms with E-state index >= 15 is 0 Å². The van der Waals surface area contributed by atoms with Crippen molar-refractivity contribution in [3.63, 3.8) is 0 Å². The lowest BCUT2D eigenvalue weighted by molar-refractivity contribution is -0.379. The Morgan fingerprint density at radius 3 is 0.946 bits per heavy atom. The molecule has 17 atom stereocenters. The summed E-state index contributed by atoms with van der Waals surface area (Å²) in [4.78, 5) is 13.5. The molecule has 3 aliphatic rings. The number of rotatable bonds is 76. The summed E-state index contributed by atoms with van der Waals surface area (Å²) >= 11 is 0. The Kier molecular flexibility index (Phi) is 67.1. The summed E-state index contributed by atoms with van der Waals surface area (Å²) < 4.78 is 34.5. The van der Waals surface area contributed by atoms with Crippen LogP contribution in [-0.2, 0) is 33.2 Å². The van der Waals surface area contributed by atoms with Gasteiger partial charge < -0.3 is 89.9 Å². The van der Waals surface area contributed by atoms with E-state index in [2.05, 4.69) is 67.8 Å². The van der Waals surface area contributed by atoms with E-state index in [1.807, 2.05) is 6.08 Å². The molecule has 0 aromatic rings. The lowest BCUT2D eigenvalue weighted by Crippen LogP contribution is -2.66. The molecule has 0 aliphatic carbocycles. The zero-order chi connectivity index (χ0) is 81.0. The van der Waals surface area contributed by atoms with Gasteiger partial charge in [0, 0.05) is 6.42 Å². The molecule has 0 saturated carbocycles. The summed E-state index contributed by atoms with van der Waals surface area (Å²) in [5.41, 5.74) is 0. The van der Waals surface area contributed by atoms with Crippen LogP contribution in [0.25, 0.3) is 0 Å². The van der Waals surface area contributed by atoms with Crippen molar-refractivity contribution in [2.24, 2.45) is 0 Å². The molecule has 1 amide bonds. The summed E-state index contributed by atoms with van der Waals surface area (Å²) in [6.45, 7) is 1.76. The summed E-state index contributed by atoms with van der Waals surface area (Å²) in [6.07, 6.45) is 69.7. The third-order valence-electron chi connectivity index (χ3n) is 23.0. The summed E-state index contributed by atoms with van der Waals surface area (Å²) in [6, 6.07) is -0.999. The first-order chi connectivity index (χ1) is 54.8. The summed E-state index contributed by atoms with van der Waals surface area (Å²) in [5.74, 6) is -0.282. The monoisotopic (exact) mass is 1590 g/mol. The second-order valence-corrected chi connectivity index (χ2v) is 33.1. The molecule has 12 N–H and O–H groups in total. The number of carbonyl (C=O) groups excluding carboxylic acids is 1. The maximum Gasteiger partial charge on any atom is 0.220 e. The molecule has 0 radical (unpaired) electrons. The van der Waals surface area contributed by atoms with Crippen molar-refractivity contribution in [2.75, 3.05) is 26.4 Å². The predicted molar refractivity (Wildman–Crippen MR) is 452 cm³/mol.